The number of carbonyl (C=O) groups excluding carboxylic acids is 1. The van der Waals surface area contributed by atoms with Crippen LogP contribution in [0.25, 0.3) is 0 Å². The van der Waals surface area contributed by atoms with Crippen molar-refractivity contribution in [2.24, 2.45) is 0 Å². The van der Waals surface area contributed by atoms with Crippen LogP contribution in [0, 0.1) is 0 Å². The highest BCUT2D eigenvalue weighted by Gasteiger charge is 2.27. The van der Waals surface area contributed by atoms with Crippen LogP contribution in [-0.4, -0.2) is 63.6 Å². The van der Waals surface area contributed by atoms with Gasteiger partial charge in [-0.15, -0.1) is 0 Å². The summed E-state index contributed by atoms with van der Waals surface area (Å²) in [5, 5.41) is 0. The molecule has 2 aromatic heterocycles. The van der Waals surface area contributed by atoms with Gasteiger partial charge in [0, 0.05) is 52.3 Å². The van der Waals surface area contributed by atoms with Crippen molar-refractivity contribution >= 4 is 11.7 Å². The lowest BCUT2D eigenvalue weighted by Crippen LogP contribution is -2.34. The summed E-state index contributed by atoms with van der Waals surface area (Å²) in [5.41, 5.74) is -0.971. The zero-order chi connectivity index (χ0) is 19.4. The molecule has 0 radical (unpaired) electrons. The van der Waals surface area contributed by atoms with Crippen LogP contribution < -0.4 is 20.9 Å². The molecule has 2 aromatic rings. The van der Waals surface area contributed by atoms with Crippen molar-refractivity contribution in [2.45, 2.75) is 25.5 Å². The lowest BCUT2D eigenvalue weighted by atomic mass is 10.3. The number of ether oxygens (including phenoxy) is 1. The minimum absolute atomic E-state index is 0.0627. The summed E-state index contributed by atoms with van der Waals surface area (Å²) in [6.45, 7) is 1.27. The Kier molecular flexibility index (Phi) is 5.53. The third kappa shape index (κ3) is 4.72. The molecule has 1 aliphatic rings. The molecule has 1 atom stereocenters. The van der Waals surface area contributed by atoms with Gasteiger partial charge in [0.25, 0.3) is 5.56 Å². The molecular weight excluding hydrogens is 352 g/mol. The molecule has 3 rings (SSSR count). The zero-order valence-corrected chi connectivity index (χ0v) is 15.3. The number of hydrogen-bond donors (Lipinski definition) is 1. The van der Waals surface area contributed by atoms with Crippen molar-refractivity contribution in [2.75, 3.05) is 32.1 Å². The summed E-state index contributed by atoms with van der Waals surface area (Å²) < 4.78 is 7.16. The Morgan fingerprint density at radius 1 is 1.37 bits per heavy atom. The summed E-state index contributed by atoms with van der Waals surface area (Å²) in [4.78, 5) is 49.3. The molecule has 1 amide bonds. The molecule has 0 spiro atoms. The number of anilines is 1. The topological polar surface area (TPSA) is 113 Å². The predicted molar refractivity (Wildman–Crippen MR) is 97.9 cm³/mol. The first-order valence-electron chi connectivity index (χ1n) is 8.66. The maximum Gasteiger partial charge on any atom is 0.328 e. The van der Waals surface area contributed by atoms with Gasteiger partial charge in [-0.25, -0.2) is 4.79 Å². The van der Waals surface area contributed by atoms with Crippen LogP contribution in [0.5, 0.6) is 5.88 Å². The molecule has 10 nitrogen and oxygen atoms in total. The van der Waals surface area contributed by atoms with Crippen LogP contribution >= 0.6 is 0 Å². The second-order valence-electron chi connectivity index (χ2n) is 6.53. The fourth-order valence-corrected chi connectivity index (χ4v) is 2.83. The third-order valence-corrected chi connectivity index (χ3v) is 4.31. The van der Waals surface area contributed by atoms with Crippen molar-refractivity contribution in [3.05, 3.63) is 45.5 Å². The average molecular weight is 374 g/mol. The first-order valence-corrected chi connectivity index (χ1v) is 8.66. The fourth-order valence-electron chi connectivity index (χ4n) is 2.83. The molecule has 1 fully saturated rings. The number of nitrogens with one attached hydrogen (secondary N) is 1. The maximum atomic E-state index is 12.4. The van der Waals surface area contributed by atoms with Crippen molar-refractivity contribution in [1.82, 2.24) is 24.4 Å². The van der Waals surface area contributed by atoms with Crippen molar-refractivity contribution in [1.29, 1.82) is 0 Å². The Morgan fingerprint density at radius 3 is 2.93 bits per heavy atom. The minimum Gasteiger partial charge on any atom is -0.471 e. The molecule has 27 heavy (non-hydrogen) atoms. The second kappa shape index (κ2) is 8.02. The Morgan fingerprint density at radius 2 is 2.19 bits per heavy atom. The SMILES string of the molecule is CN(C)c1cncc(O[C@H]2CCN(C(=O)CCn3ccc(=O)[nH]c3=O)C2)n1. The monoisotopic (exact) mass is 374 g/mol. The van der Waals surface area contributed by atoms with Gasteiger partial charge in [0.2, 0.25) is 11.8 Å². The number of rotatable bonds is 6. The molecule has 0 bridgehead atoms. The molecule has 3 heterocycles. The number of carbonyl (C=O) groups is 1. The lowest BCUT2D eigenvalue weighted by molar-refractivity contribution is -0.130. The van der Waals surface area contributed by atoms with Crippen LogP contribution in [0.1, 0.15) is 12.8 Å². The Labute approximate surface area is 155 Å². The fraction of sp³-hybridized carbons (Fsp3) is 0.471. The van der Waals surface area contributed by atoms with Crippen molar-refractivity contribution < 1.29 is 9.53 Å². The van der Waals surface area contributed by atoms with E-state index in [2.05, 4.69) is 15.0 Å². The third-order valence-electron chi connectivity index (χ3n) is 4.31. The first kappa shape index (κ1) is 18.6. The Balaban J connectivity index is 1.52. The van der Waals surface area contributed by atoms with Crippen LogP contribution in [0.2, 0.25) is 0 Å². The highest BCUT2D eigenvalue weighted by Crippen LogP contribution is 2.18. The second-order valence-corrected chi connectivity index (χ2v) is 6.53. The van der Waals surface area contributed by atoms with E-state index >= 15 is 0 Å². The molecule has 1 N–H and O–H groups in total. The molecular formula is C17H22N6O4. The van der Waals surface area contributed by atoms with Gasteiger partial charge in [-0.1, -0.05) is 0 Å². The van der Waals surface area contributed by atoms with E-state index in [0.29, 0.717) is 31.2 Å². The molecule has 144 valence electrons. The molecule has 1 aliphatic heterocycles. The number of aromatic nitrogens is 4. The number of H-pyrrole nitrogens is 1. The average Bonchev–Trinajstić information content (AvgIpc) is 3.09. The smallest absolute Gasteiger partial charge is 0.328 e. The molecule has 0 unspecified atom stereocenters. The van der Waals surface area contributed by atoms with E-state index < -0.39 is 11.2 Å². The quantitative estimate of drug-likeness (QED) is 0.722. The van der Waals surface area contributed by atoms with E-state index in [1.807, 2.05) is 19.0 Å². The molecule has 0 saturated carbocycles. The summed E-state index contributed by atoms with van der Waals surface area (Å²) in [7, 11) is 3.74. The van der Waals surface area contributed by atoms with Gasteiger partial charge in [0.1, 0.15) is 6.10 Å². The summed E-state index contributed by atoms with van der Waals surface area (Å²) in [6, 6.07) is 1.26. The largest absolute Gasteiger partial charge is 0.471 e. The first-order chi connectivity index (χ1) is 12.9. The van der Waals surface area contributed by atoms with Gasteiger partial charge in [0.15, 0.2) is 5.82 Å². The van der Waals surface area contributed by atoms with E-state index in [1.165, 1.54) is 16.8 Å². The number of likely N-dealkylation sites (tertiary alicyclic amines) is 1. The number of amides is 1. The van der Waals surface area contributed by atoms with E-state index in [-0.39, 0.29) is 25.0 Å². The van der Waals surface area contributed by atoms with E-state index in [0.717, 1.165) is 0 Å². The van der Waals surface area contributed by atoms with Crippen LogP contribution in [0.4, 0.5) is 5.82 Å². The maximum absolute atomic E-state index is 12.4. The van der Waals surface area contributed by atoms with E-state index in [4.69, 9.17) is 4.74 Å². The number of aromatic amines is 1. The van der Waals surface area contributed by atoms with Gasteiger partial charge < -0.3 is 19.1 Å². The van der Waals surface area contributed by atoms with Crippen LogP contribution in [0.15, 0.2) is 34.2 Å². The summed E-state index contributed by atoms with van der Waals surface area (Å²) >= 11 is 0. The predicted octanol–water partition coefficient (Wildman–Crippen LogP) is -0.537. The number of aryl methyl sites for hydroxylation is 1. The van der Waals surface area contributed by atoms with Crippen LogP contribution in [0.3, 0.4) is 0 Å². The minimum atomic E-state index is -0.516. The zero-order valence-electron chi connectivity index (χ0n) is 15.3. The van der Waals surface area contributed by atoms with Gasteiger partial charge in [0.05, 0.1) is 18.9 Å². The van der Waals surface area contributed by atoms with E-state index in [9.17, 15) is 14.4 Å². The van der Waals surface area contributed by atoms with E-state index in [1.54, 1.807) is 17.3 Å². The normalized spacial score (nSPS) is 16.4. The van der Waals surface area contributed by atoms with Crippen molar-refractivity contribution in [3.63, 3.8) is 0 Å². The standard InChI is InChI=1S/C17H22N6O4/c1-21(2)13-9-18-10-15(19-13)27-12-3-6-23(11-12)16(25)5-8-22-7-4-14(24)20-17(22)26/h4,7,9-10,12H,3,5-6,8,11H2,1-2H3,(H,20,24,26)/t12-/m0/s1. The Hall–Kier alpha value is -3.17. The molecule has 1 saturated heterocycles. The van der Waals surface area contributed by atoms with Gasteiger partial charge in [-0.2, -0.15) is 4.98 Å². The molecule has 10 heteroatoms. The number of nitrogens with zero attached hydrogens (tertiary/aromatic N) is 5. The van der Waals surface area contributed by atoms with Gasteiger partial charge in [-0.05, 0) is 0 Å². The lowest BCUT2D eigenvalue weighted by Gasteiger charge is -2.18. The van der Waals surface area contributed by atoms with Crippen molar-refractivity contribution in [3.8, 4) is 5.88 Å². The summed E-state index contributed by atoms with van der Waals surface area (Å²) in [6.07, 6.45) is 5.33. The number of hydrogen-bond acceptors (Lipinski definition) is 7. The summed E-state index contributed by atoms with van der Waals surface area (Å²) in [5.74, 6) is 1.07. The Bertz CT molecular complexity index is 922. The van der Waals surface area contributed by atoms with Gasteiger partial charge >= 0.3 is 5.69 Å². The highest BCUT2D eigenvalue weighted by molar-refractivity contribution is 5.76. The molecule has 0 aromatic carbocycles. The molecule has 0 aliphatic carbocycles. The van der Waals surface area contributed by atoms with Crippen LogP contribution in [-0.2, 0) is 11.3 Å². The van der Waals surface area contributed by atoms with Gasteiger partial charge in [-0.3, -0.25) is 19.6 Å². The highest BCUT2D eigenvalue weighted by atomic mass is 16.5.